The first kappa shape index (κ1) is 16.4. The normalized spacial score (nSPS) is 10.9. The van der Waals surface area contributed by atoms with Crippen LogP contribution in [0.25, 0.3) is 16.5 Å². The standard InChI is InChI=1S/C26H20N2/c1-3-13-22(14-4-1)27-20-10-19-26(27)28(23-15-5-2-6-16-23)25-18-9-12-21-11-7-8-17-24(21)25/h1-20H. The molecule has 0 saturated heterocycles. The van der Waals surface area contributed by atoms with Crippen molar-refractivity contribution in [2.45, 2.75) is 0 Å². The molecule has 0 saturated carbocycles. The number of aromatic nitrogens is 1. The molecule has 1 aromatic heterocycles. The molecule has 0 amide bonds. The van der Waals surface area contributed by atoms with Crippen LogP contribution in [0.5, 0.6) is 0 Å². The van der Waals surface area contributed by atoms with Crippen LogP contribution >= 0.6 is 0 Å². The zero-order valence-electron chi connectivity index (χ0n) is 15.4. The van der Waals surface area contributed by atoms with Crippen molar-refractivity contribution in [2.24, 2.45) is 0 Å². The fourth-order valence-corrected chi connectivity index (χ4v) is 3.74. The van der Waals surface area contributed by atoms with E-state index >= 15 is 0 Å². The molecule has 0 aliphatic rings. The second kappa shape index (κ2) is 7.09. The van der Waals surface area contributed by atoms with Crippen LogP contribution in [0.4, 0.5) is 17.2 Å². The van der Waals surface area contributed by atoms with E-state index < -0.39 is 0 Å². The van der Waals surface area contributed by atoms with E-state index in [-0.39, 0.29) is 0 Å². The zero-order valence-corrected chi connectivity index (χ0v) is 15.4. The summed E-state index contributed by atoms with van der Waals surface area (Å²) in [5, 5.41) is 2.47. The number of benzene rings is 4. The van der Waals surface area contributed by atoms with Gasteiger partial charge in [0.2, 0.25) is 0 Å². The van der Waals surface area contributed by atoms with Gasteiger partial charge in [0.25, 0.3) is 0 Å². The van der Waals surface area contributed by atoms with E-state index in [9.17, 15) is 0 Å². The highest BCUT2D eigenvalue weighted by atomic mass is 15.2. The Morgan fingerprint density at radius 3 is 2.04 bits per heavy atom. The summed E-state index contributed by atoms with van der Waals surface area (Å²) in [6, 6.07) is 40.3. The maximum Gasteiger partial charge on any atom is 0.122 e. The maximum atomic E-state index is 2.33. The Labute approximate surface area is 164 Å². The van der Waals surface area contributed by atoms with Gasteiger partial charge in [-0.1, -0.05) is 72.8 Å². The third-order valence-electron chi connectivity index (χ3n) is 5.01. The van der Waals surface area contributed by atoms with Gasteiger partial charge in [-0.25, -0.2) is 0 Å². The fourth-order valence-electron chi connectivity index (χ4n) is 3.74. The molecule has 2 nitrogen and oxygen atoms in total. The second-order valence-corrected chi connectivity index (χ2v) is 6.74. The summed E-state index contributed by atoms with van der Waals surface area (Å²) in [7, 11) is 0. The molecule has 0 unspecified atom stereocenters. The molecular weight excluding hydrogens is 340 g/mol. The molecule has 4 aromatic carbocycles. The lowest BCUT2D eigenvalue weighted by atomic mass is 10.1. The number of fused-ring (bicyclic) bond motifs is 1. The third-order valence-corrected chi connectivity index (χ3v) is 5.01. The smallest absolute Gasteiger partial charge is 0.122 e. The molecule has 28 heavy (non-hydrogen) atoms. The Morgan fingerprint density at radius 1 is 0.536 bits per heavy atom. The molecule has 0 aliphatic heterocycles. The Kier molecular flexibility index (Phi) is 4.15. The number of anilines is 3. The summed E-state index contributed by atoms with van der Waals surface area (Å²) in [6.45, 7) is 0. The van der Waals surface area contributed by atoms with Gasteiger partial charge in [-0.15, -0.1) is 0 Å². The van der Waals surface area contributed by atoms with E-state index in [1.54, 1.807) is 0 Å². The topological polar surface area (TPSA) is 8.17 Å². The monoisotopic (exact) mass is 360 g/mol. The SMILES string of the molecule is c1ccc(N(c2cccc3ccccc23)c2cccn2-c2ccccc2)cc1. The van der Waals surface area contributed by atoms with E-state index in [2.05, 4.69) is 125 Å². The predicted molar refractivity (Wildman–Crippen MR) is 118 cm³/mol. The summed E-state index contributed by atoms with van der Waals surface area (Å²) in [5.41, 5.74) is 3.44. The van der Waals surface area contributed by atoms with Crippen molar-refractivity contribution in [3.63, 3.8) is 0 Å². The molecule has 0 aliphatic carbocycles. The quantitative estimate of drug-likeness (QED) is 0.332. The Morgan fingerprint density at radius 2 is 1.21 bits per heavy atom. The second-order valence-electron chi connectivity index (χ2n) is 6.74. The van der Waals surface area contributed by atoms with Gasteiger partial charge >= 0.3 is 0 Å². The molecule has 0 radical (unpaired) electrons. The lowest BCUT2D eigenvalue weighted by Crippen LogP contribution is -2.14. The van der Waals surface area contributed by atoms with Crippen molar-refractivity contribution in [1.29, 1.82) is 0 Å². The Balaban J connectivity index is 1.77. The first-order chi connectivity index (χ1) is 13.9. The Hall–Kier alpha value is -3.78. The summed E-state index contributed by atoms with van der Waals surface area (Å²) in [5.74, 6) is 1.11. The van der Waals surface area contributed by atoms with Crippen molar-refractivity contribution < 1.29 is 0 Å². The van der Waals surface area contributed by atoms with Crippen LogP contribution in [0.2, 0.25) is 0 Å². The molecule has 5 aromatic rings. The van der Waals surface area contributed by atoms with Crippen LogP contribution in [0.15, 0.2) is 121 Å². The van der Waals surface area contributed by atoms with E-state index in [0.29, 0.717) is 0 Å². The molecule has 0 N–H and O–H groups in total. The van der Waals surface area contributed by atoms with Crippen molar-refractivity contribution in [3.05, 3.63) is 121 Å². The minimum atomic E-state index is 1.11. The number of nitrogens with zero attached hydrogens (tertiary/aromatic N) is 2. The lowest BCUT2D eigenvalue weighted by Gasteiger charge is -2.27. The van der Waals surface area contributed by atoms with E-state index in [4.69, 9.17) is 0 Å². The zero-order chi connectivity index (χ0) is 18.8. The highest BCUT2D eigenvalue weighted by Crippen LogP contribution is 2.39. The van der Waals surface area contributed by atoms with Gasteiger partial charge in [-0.05, 0) is 47.9 Å². The van der Waals surface area contributed by atoms with Crippen LogP contribution in [0.1, 0.15) is 0 Å². The maximum absolute atomic E-state index is 2.33. The van der Waals surface area contributed by atoms with Gasteiger partial charge < -0.3 is 4.57 Å². The van der Waals surface area contributed by atoms with Crippen LogP contribution in [-0.2, 0) is 0 Å². The minimum absolute atomic E-state index is 1.11. The highest BCUT2D eigenvalue weighted by Gasteiger charge is 2.18. The highest BCUT2D eigenvalue weighted by molar-refractivity contribution is 5.98. The van der Waals surface area contributed by atoms with Crippen LogP contribution < -0.4 is 4.90 Å². The van der Waals surface area contributed by atoms with Crippen molar-refractivity contribution in [2.75, 3.05) is 4.90 Å². The summed E-state index contributed by atoms with van der Waals surface area (Å²) >= 11 is 0. The van der Waals surface area contributed by atoms with Gasteiger partial charge in [0.15, 0.2) is 0 Å². The van der Waals surface area contributed by atoms with Crippen LogP contribution in [-0.4, -0.2) is 4.57 Å². The molecule has 134 valence electrons. The molecular formula is C26H20N2. The number of hydrogen-bond donors (Lipinski definition) is 0. The van der Waals surface area contributed by atoms with E-state index in [1.807, 2.05) is 6.07 Å². The molecule has 2 heteroatoms. The van der Waals surface area contributed by atoms with Gasteiger partial charge in [0, 0.05) is 23.0 Å². The van der Waals surface area contributed by atoms with Gasteiger partial charge in [-0.2, -0.15) is 0 Å². The lowest BCUT2D eigenvalue weighted by molar-refractivity contribution is 1.04. The summed E-state index contributed by atoms with van der Waals surface area (Å²) < 4.78 is 2.23. The summed E-state index contributed by atoms with van der Waals surface area (Å²) in [6.07, 6.45) is 2.12. The number of para-hydroxylation sites is 2. The molecule has 0 atom stereocenters. The average molecular weight is 360 g/mol. The number of hydrogen-bond acceptors (Lipinski definition) is 1. The first-order valence-corrected chi connectivity index (χ1v) is 9.47. The fraction of sp³-hybridized carbons (Fsp3) is 0. The summed E-state index contributed by atoms with van der Waals surface area (Å²) in [4.78, 5) is 2.33. The van der Waals surface area contributed by atoms with Gasteiger partial charge in [0.1, 0.15) is 5.82 Å². The Bertz CT molecular complexity index is 1200. The largest absolute Gasteiger partial charge is 0.303 e. The third kappa shape index (κ3) is 2.85. The molecule has 1 heterocycles. The van der Waals surface area contributed by atoms with Crippen molar-refractivity contribution in [3.8, 4) is 5.69 Å². The van der Waals surface area contributed by atoms with Crippen molar-refractivity contribution >= 4 is 28.0 Å². The average Bonchev–Trinajstić information content (AvgIpc) is 3.25. The van der Waals surface area contributed by atoms with Gasteiger partial charge in [-0.3, -0.25) is 4.90 Å². The predicted octanol–water partition coefficient (Wildman–Crippen LogP) is 7.10. The molecule has 0 spiro atoms. The van der Waals surface area contributed by atoms with E-state index in [0.717, 1.165) is 17.2 Å². The minimum Gasteiger partial charge on any atom is -0.303 e. The van der Waals surface area contributed by atoms with Crippen LogP contribution in [0, 0.1) is 0 Å². The molecule has 0 fully saturated rings. The number of rotatable bonds is 4. The van der Waals surface area contributed by atoms with Crippen LogP contribution in [0.3, 0.4) is 0 Å². The molecule has 5 rings (SSSR count). The van der Waals surface area contributed by atoms with Gasteiger partial charge in [0.05, 0.1) is 5.69 Å². The van der Waals surface area contributed by atoms with E-state index in [1.165, 1.54) is 16.5 Å². The van der Waals surface area contributed by atoms with Crippen molar-refractivity contribution in [1.82, 2.24) is 4.57 Å². The molecule has 0 bridgehead atoms. The first-order valence-electron chi connectivity index (χ1n) is 9.47.